The number of amides is 1. The van der Waals surface area contributed by atoms with Gasteiger partial charge in [0, 0.05) is 11.6 Å². The van der Waals surface area contributed by atoms with E-state index in [-0.39, 0.29) is 15.7 Å². The maximum absolute atomic E-state index is 12.5. The summed E-state index contributed by atoms with van der Waals surface area (Å²) in [7, 11) is -3.79. The van der Waals surface area contributed by atoms with Crippen molar-refractivity contribution in [2.75, 3.05) is 5.32 Å². The summed E-state index contributed by atoms with van der Waals surface area (Å²) in [6, 6.07) is 9.00. The molecule has 0 bridgehead atoms. The Morgan fingerprint density at radius 1 is 1.17 bits per heavy atom. The maximum Gasteiger partial charge on any atom is 0.293 e. The van der Waals surface area contributed by atoms with Crippen LogP contribution >= 0.6 is 11.3 Å². The molecule has 0 spiro atoms. The van der Waals surface area contributed by atoms with E-state index in [0.717, 1.165) is 5.56 Å². The third-order valence-corrected chi connectivity index (χ3v) is 5.38. The Bertz CT molecular complexity index is 926. The number of aromatic nitrogens is 1. The van der Waals surface area contributed by atoms with Gasteiger partial charge in [-0.2, -0.15) is 0 Å². The van der Waals surface area contributed by atoms with Gasteiger partial charge in [-0.3, -0.25) is 10.1 Å². The van der Waals surface area contributed by atoms with E-state index < -0.39 is 15.7 Å². The normalized spacial score (nSPS) is 11.3. The average Bonchev–Trinajstić information content (AvgIpc) is 3.19. The van der Waals surface area contributed by atoms with Gasteiger partial charge in [0.15, 0.2) is 10.9 Å². The van der Waals surface area contributed by atoms with Crippen molar-refractivity contribution in [3.8, 4) is 0 Å². The molecule has 0 unspecified atom stereocenters. The molecule has 1 amide bonds. The van der Waals surface area contributed by atoms with Crippen molar-refractivity contribution in [2.45, 2.75) is 16.9 Å². The van der Waals surface area contributed by atoms with E-state index in [1.807, 2.05) is 6.92 Å². The fourth-order valence-corrected chi connectivity index (χ4v) is 3.56. The molecule has 3 aromatic rings. The predicted octanol–water partition coefficient (Wildman–Crippen LogP) is 3.13. The van der Waals surface area contributed by atoms with E-state index in [0.29, 0.717) is 5.13 Å². The third kappa shape index (κ3) is 3.17. The van der Waals surface area contributed by atoms with Crippen LogP contribution in [0.5, 0.6) is 0 Å². The topological polar surface area (TPSA) is 89.3 Å². The lowest BCUT2D eigenvalue weighted by atomic mass is 10.2. The Kier molecular flexibility index (Phi) is 4.01. The van der Waals surface area contributed by atoms with Crippen LogP contribution in [0, 0.1) is 6.92 Å². The van der Waals surface area contributed by atoms with Crippen molar-refractivity contribution in [2.24, 2.45) is 0 Å². The van der Waals surface area contributed by atoms with Crippen LogP contribution in [0.3, 0.4) is 0 Å². The Hall–Kier alpha value is -2.45. The molecule has 0 aliphatic rings. The molecule has 0 radical (unpaired) electrons. The molecule has 118 valence electrons. The summed E-state index contributed by atoms with van der Waals surface area (Å²) >= 11 is 1.25. The number of sulfone groups is 1. The fourth-order valence-electron chi connectivity index (χ4n) is 1.86. The molecule has 0 aliphatic carbocycles. The van der Waals surface area contributed by atoms with Crippen LogP contribution in [0.4, 0.5) is 5.13 Å². The Labute approximate surface area is 136 Å². The highest BCUT2D eigenvalue weighted by molar-refractivity contribution is 7.91. The number of benzene rings is 1. The zero-order valence-electron chi connectivity index (χ0n) is 12.0. The van der Waals surface area contributed by atoms with Crippen LogP contribution in [0.2, 0.25) is 0 Å². The zero-order valence-corrected chi connectivity index (χ0v) is 13.6. The minimum Gasteiger partial charge on any atom is -0.439 e. The largest absolute Gasteiger partial charge is 0.439 e. The highest BCUT2D eigenvalue weighted by atomic mass is 32.2. The van der Waals surface area contributed by atoms with E-state index in [1.54, 1.807) is 23.7 Å². The number of hydrogen-bond acceptors (Lipinski definition) is 6. The van der Waals surface area contributed by atoms with Gasteiger partial charge < -0.3 is 4.42 Å². The number of thiazole rings is 1. The van der Waals surface area contributed by atoms with Crippen molar-refractivity contribution >= 4 is 32.2 Å². The van der Waals surface area contributed by atoms with Crippen molar-refractivity contribution < 1.29 is 17.6 Å². The molecule has 1 N–H and O–H groups in total. The lowest BCUT2D eigenvalue weighted by Crippen LogP contribution is -2.10. The molecule has 0 fully saturated rings. The monoisotopic (exact) mass is 348 g/mol. The molecule has 1 aromatic carbocycles. The smallest absolute Gasteiger partial charge is 0.293 e. The van der Waals surface area contributed by atoms with E-state index in [9.17, 15) is 13.2 Å². The van der Waals surface area contributed by atoms with Crippen LogP contribution in [-0.2, 0) is 9.84 Å². The van der Waals surface area contributed by atoms with Crippen LogP contribution in [-0.4, -0.2) is 19.3 Å². The van der Waals surface area contributed by atoms with Gasteiger partial charge >= 0.3 is 0 Å². The maximum atomic E-state index is 12.5. The molecule has 6 nitrogen and oxygen atoms in total. The number of hydrogen-bond donors (Lipinski definition) is 1. The first-order chi connectivity index (χ1) is 11.0. The SMILES string of the molecule is Cc1ccc(S(=O)(=O)c2ccc(C(=O)Nc3nccs3)o2)cc1. The number of nitrogens with zero attached hydrogens (tertiary/aromatic N) is 1. The number of nitrogens with one attached hydrogen (secondary N) is 1. The molecule has 0 aliphatic heterocycles. The molecule has 8 heteroatoms. The van der Waals surface area contributed by atoms with E-state index in [1.165, 1.54) is 35.6 Å². The number of rotatable bonds is 4. The van der Waals surface area contributed by atoms with Gasteiger partial charge in [-0.05, 0) is 31.2 Å². The summed E-state index contributed by atoms with van der Waals surface area (Å²) in [5.74, 6) is -0.642. The Morgan fingerprint density at radius 2 is 1.91 bits per heavy atom. The molecule has 0 saturated heterocycles. The zero-order chi connectivity index (χ0) is 16.4. The minimum atomic E-state index is -3.79. The van der Waals surface area contributed by atoms with Crippen LogP contribution < -0.4 is 5.32 Å². The van der Waals surface area contributed by atoms with Gasteiger partial charge in [-0.15, -0.1) is 11.3 Å². The van der Waals surface area contributed by atoms with Gasteiger partial charge in [-0.25, -0.2) is 13.4 Å². The lowest BCUT2D eigenvalue weighted by Gasteiger charge is -2.02. The van der Waals surface area contributed by atoms with Crippen LogP contribution in [0.25, 0.3) is 0 Å². The summed E-state index contributed by atoms with van der Waals surface area (Å²) in [4.78, 5) is 16.0. The molecule has 23 heavy (non-hydrogen) atoms. The standard InChI is InChI=1S/C15H12N2O4S2/c1-10-2-4-11(5-3-10)23(19,20)13-7-6-12(21-13)14(18)17-15-16-8-9-22-15/h2-9H,1H3,(H,16,17,18). The first kappa shape index (κ1) is 15.4. The highest BCUT2D eigenvalue weighted by Gasteiger charge is 2.23. The molecule has 0 atom stereocenters. The number of furan rings is 1. The van der Waals surface area contributed by atoms with E-state index in [2.05, 4.69) is 10.3 Å². The van der Waals surface area contributed by atoms with Crippen molar-refractivity contribution in [3.05, 3.63) is 59.3 Å². The molecular weight excluding hydrogens is 336 g/mol. The summed E-state index contributed by atoms with van der Waals surface area (Å²) in [6.07, 6.45) is 1.55. The number of carbonyl (C=O) groups is 1. The first-order valence-electron chi connectivity index (χ1n) is 6.59. The second-order valence-corrected chi connectivity index (χ2v) is 7.50. The second kappa shape index (κ2) is 5.98. The molecule has 3 rings (SSSR count). The van der Waals surface area contributed by atoms with E-state index >= 15 is 0 Å². The highest BCUT2D eigenvalue weighted by Crippen LogP contribution is 2.24. The number of carbonyl (C=O) groups excluding carboxylic acids is 1. The summed E-state index contributed by atoms with van der Waals surface area (Å²) in [6.45, 7) is 1.87. The average molecular weight is 348 g/mol. The quantitative estimate of drug-likeness (QED) is 0.782. The van der Waals surface area contributed by atoms with Gasteiger partial charge in [0.05, 0.1) is 4.90 Å². The van der Waals surface area contributed by atoms with Crippen molar-refractivity contribution in [3.63, 3.8) is 0 Å². The van der Waals surface area contributed by atoms with Gasteiger partial charge in [0.25, 0.3) is 5.91 Å². The fraction of sp³-hybridized carbons (Fsp3) is 0.0667. The predicted molar refractivity (Wildman–Crippen MR) is 85.4 cm³/mol. The van der Waals surface area contributed by atoms with Crippen LogP contribution in [0.1, 0.15) is 16.1 Å². The summed E-state index contributed by atoms with van der Waals surface area (Å²) in [5.41, 5.74) is 0.951. The Morgan fingerprint density at radius 3 is 2.57 bits per heavy atom. The molecule has 2 aromatic heterocycles. The van der Waals surface area contributed by atoms with Gasteiger partial charge in [0.1, 0.15) is 0 Å². The molecule has 0 saturated carbocycles. The van der Waals surface area contributed by atoms with Crippen molar-refractivity contribution in [1.82, 2.24) is 4.98 Å². The second-order valence-electron chi connectivity index (χ2n) is 4.73. The van der Waals surface area contributed by atoms with Gasteiger partial charge in [0.2, 0.25) is 14.9 Å². The minimum absolute atomic E-state index is 0.0918. The number of aryl methyl sites for hydroxylation is 1. The summed E-state index contributed by atoms with van der Waals surface area (Å²) in [5, 5.41) is 4.38. The molecular formula is C15H12N2O4S2. The summed E-state index contributed by atoms with van der Waals surface area (Å²) < 4.78 is 30.1. The van der Waals surface area contributed by atoms with E-state index in [4.69, 9.17) is 4.42 Å². The number of anilines is 1. The first-order valence-corrected chi connectivity index (χ1v) is 8.95. The Balaban J connectivity index is 1.86. The van der Waals surface area contributed by atoms with Gasteiger partial charge in [-0.1, -0.05) is 17.7 Å². The van der Waals surface area contributed by atoms with Crippen molar-refractivity contribution in [1.29, 1.82) is 0 Å². The third-order valence-electron chi connectivity index (χ3n) is 3.05. The van der Waals surface area contributed by atoms with Crippen LogP contribution in [0.15, 0.2) is 62.4 Å². The lowest BCUT2D eigenvalue weighted by molar-refractivity contribution is 0.0991. The molecule has 2 heterocycles.